The third-order valence-electron chi connectivity index (χ3n) is 2.89. The lowest BCUT2D eigenvalue weighted by atomic mass is 10.0. The molecule has 0 saturated heterocycles. The normalized spacial score (nSPS) is 11.0. The van der Waals surface area contributed by atoms with Gasteiger partial charge in [-0.05, 0) is 26.1 Å². The van der Waals surface area contributed by atoms with Crippen molar-refractivity contribution in [2.45, 2.75) is 20.0 Å². The van der Waals surface area contributed by atoms with Gasteiger partial charge < -0.3 is 5.11 Å². The zero-order valence-corrected chi connectivity index (χ0v) is 12.1. The van der Waals surface area contributed by atoms with E-state index in [1.54, 1.807) is 5.51 Å². The minimum Gasteiger partial charge on any atom is -0.507 e. The molecule has 0 aliphatic carbocycles. The first kappa shape index (κ1) is 14.6. The second kappa shape index (κ2) is 6.11. The van der Waals surface area contributed by atoms with E-state index >= 15 is 0 Å². The molecule has 2 aromatic rings. The monoisotopic (exact) mass is 294 g/mol. The van der Waals surface area contributed by atoms with E-state index in [1.807, 2.05) is 17.3 Å². The number of phenols is 1. The SMILES string of the molecule is CC(=O)c1cc(F)cc(CN(C)Cc2cscn2)c1O. The first-order valence-corrected chi connectivity index (χ1v) is 6.99. The van der Waals surface area contributed by atoms with E-state index < -0.39 is 5.82 Å². The van der Waals surface area contributed by atoms with Crippen molar-refractivity contribution in [1.82, 2.24) is 9.88 Å². The van der Waals surface area contributed by atoms with Gasteiger partial charge in [0.1, 0.15) is 11.6 Å². The minimum atomic E-state index is -0.523. The molecule has 0 radical (unpaired) electrons. The van der Waals surface area contributed by atoms with Crippen LogP contribution in [0.3, 0.4) is 0 Å². The quantitative estimate of drug-likeness (QED) is 0.862. The van der Waals surface area contributed by atoms with E-state index in [-0.39, 0.29) is 17.1 Å². The fourth-order valence-electron chi connectivity index (χ4n) is 1.98. The molecule has 0 atom stereocenters. The minimum absolute atomic E-state index is 0.0158. The largest absolute Gasteiger partial charge is 0.507 e. The van der Waals surface area contributed by atoms with Gasteiger partial charge in [-0.1, -0.05) is 0 Å². The van der Waals surface area contributed by atoms with Crippen molar-refractivity contribution in [1.29, 1.82) is 0 Å². The Morgan fingerprint density at radius 2 is 2.20 bits per heavy atom. The zero-order valence-electron chi connectivity index (χ0n) is 11.3. The van der Waals surface area contributed by atoms with Gasteiger partial charge in [-0.3, -0.25) is 9.69 Å². The number of phenolic OH excluding ortho intramolecular Hbond substituents is 1. The number of thiazole rings is 1. The molecule has 0 aliphatic rings. The lowest BCUT2D eigenvalue weighted by molar-refractivity contribution is 0.101. The molecule has 4 nitrogen and oxygen atoms in total. The van der Waals surface area contributed by atoms with Crippen molar-refractivity contribution < 1.29 is 14.3 Å². The topological polar surface area (TPSA) is 53.4 Å². The first-order chi connectivity index (χ1) is 9.47. The van der Waals surface area contributed by atoms with Crippen LogP contribution >= 0.6 is 11.3 Å². The number of hydrogen-bond acceptors (Lipinski definition) is 5. The van der Waals surface area contributed by atoms with Gasteiger partial charge in [-0.2, -0.15) is 0 Å². The van der Waals surface area contributed by atoms with Crippen molar-refractivity contribution in [2.75, 3.05) is 7.05 Å². The number of aromatic nitrogens is 1. The van der Waals surface area contributed by atoms with Crippen molar-refractivity contribution in [3.05, 3.63) is 45.7 Å². The number of nitrogens with zero attached hydrogens (tertiary/aromatic N) is 2. The fourth-order valence-corrected chi connectivity index (χ4v) is 2.53. The predicted octanol–water partition coefficient (Wildman–Crippen LogP) is 2.82. The van der Waals surface area contributed by atoms with E-state index in [1.165, 1.54) is 24.3 Å². The van der Waals surface area contributed by atoms with Crippen molar-refractivity contribution in [3.8, 4) is 5.75 Å². The van der Waals surface area contributed by atoms with E-state index in [4.69, 9.17) is 0 Å². The van der Waals surface area contributed by atoms with Gasteiger partial charge in [0.25, 0.3) is 0 Å². The summed E-state index contributed by atoms with van der Waals surface area (Å²) in [4.78, 5) is 17.4. The van der Waals surface area contributed by atoms with Crippen LogP contribution < -0.4 is 0 Å². The van der Waals surface area contributed by atoms with Crippen LogP contribution in [0.15, 0.2) is 23.0 Å². The van der Waals surface area contributed by atoms with Crippen LogP contribution in [-0.4, -0.2) is 27.8 Å². The molecule has 106 valence electrons. The Labute approximate surface area is 120 Å². The fraction of sp³-hybridized carbons (Fsp3) is 0.286. The molecular weight excluding hydrogens is 279 g/mol. The lowest BCUT2D eigenvalue weighted by Gasteiger charge is -2.17. The summed E-state index contributed by atoms with van der Waals surface area (Å²) < 4.78 is 13.5. The predicted molar refractivity (Wildman–Crippen MR) is 75.4 cm³/mol. The summed E-state index contributed by atoms with van der Waals surface area (Å²) >= 11 is 1.51. The Kier molecular flexibility index (Phi) is 4.46. The standard InChI is InChI=1S/C14H15FN2O2S/c1-9(18)13-4-11(15)3-10(14(13)19)5-17(2)6-12-7-20-8-16-12/h3-4,7-8,19H,5-6H2,1-2H3. The molecular formula is C14H15FN2O2S. The number of carbonyl (C=O) groups is 1. The molecule has 0 saturated carbocycles. The van der Waals surface area contributed by atoms with Crippen LogP contribution in [0.1, 0.15) is 28.5 Å². The highest BCUT2D eigenvalue weighted by Crippen LogP contribution is 2.26. The maximum atomic E-state index is 13.5. The molecule has 6 heteroatoms. The lowest BCUT2D eigenvalue weighted by Crippen LogP contribution is -2.18. The average molecular weight is 294 g/mol. The summed E-state index contributed by atoms with van der Waals surface area (Å²) in [5, 5.41) is 12.0. The van der Waals surface area contributed by atoms with Crippen molar-refractivity contribution in [2.24, 2.45) is 0 Å². The van der Waals surface area contributed by atoms with Crippen LogP contribution in [0.25, 0.3) is 0 Å². The molecule has 1 aromatic carbocycles. The maximum Gasteiger partial charge on any atom is 0.163 e. The highest BCUT2D eigenvalue weighted by molar-refractivity contribution is 7.07. The molecule has 0 amide bonds. The number of aromatic hydroxyl groups is 1. The molecule has 20 heavy (non-hydrogen) atoms. The van der Waals surface area contributed by atoms with Gasteiger partial charge in [0, 0.05) is 24.0 Å². The van der Waals surface area contributed by atoms with Crippen molar-refractivity contribution in [3.63, 3.8) is 0 Å². The number of Topliss-reactive ketones (excluding diaryl/α,β-unsaturated/α-hetero) is 1. The van der Waals surface area contributed by atoms with Gasteiger partial charge in [-0.25, -0.2) is 9.37 Å². The Morgan fingerprint density at radius 1 is 1.45 bits per heavy atom. The molecule has 0 fully saturated rings. The second-order valence-corrected chi connectivity index (χ2v) is 5.39. The van der Waals surface area contributed by atoms with E-state index in [9.17, 15) is 14.3 Å². The van der Waals surface area contributed by atoms with E-state index in [0.29, 0.717) is 18.7 Å². The molecule has 1 heterocycles. The van der Waals surface area contributed by atoms with Gasteiger partial charge in [-0.15, -0.1) is 11.3 Å². The number of rotatable bonds is 5. The number of halogens is 1. The maximum absolute atomic E-state index is 13.5. The number of ketones is 1. The molecule has 1 aromatic heterocycles. The van der Waals surface area contributed by atoms with Crippen LogP contribution in [0, 0.1) is 5.82 Å². The van der Waals surface area contributed by atoms with Crippen LogP contribution in [-0.2, 0) is 13.1 Å². The Balaban J connectivity index is 2.18. The summed E-state index contributed by atoms with van der Waals surface area (Å²) in [6, 6.07) is 2.31. The van der Waals surface area contributed by atoms with Crippen LogP contribution in [0.2, 0.25) is 0 Å². The molecule has 2 rings (SSSR count). The van der Waals surface area contributed by atoms with Crippen LogP contribution in [0.5, 0.6) is 5.75 Å². The summed E-state index contributed by atoms with van der Waals surface area (Å²) in [5.74, 6) is -1.03. The third-order valence-corrected chi connectivity index (χ3v) is 3.52. The first-order valence-electron chi connectivity index (χ1n) is 6.05. The highest BCUT2D eigenvalue weighted by Gasteiger charge is 2.15. The summed E-state index contributed by atoms with van der Waals surface area (Å²) in [7, 11) is 1.84. The third kappa shape index (κ3) is 3.40. The molecule has 0 spiro atoms. The zero-order chi connectivity index (χ0) is 14.7. The molecule has 0 unspecified atom stereocenters. The van der Waals surface area contributed by atoms with E-state index in [0.717, 1.165) is 11.8 Å². The van der Waals surface area contributed by atoms with Gasteiger partial charge >= 0.3 is 0 Å². The molecule has 0 aliphatic heterocycles. The Bertz CT molecular complexity index is 614. The molecule has 1 N–H and O–H groups in total. The summed E-state index contributed by atoms with van der Waals surface area (Å²) in [5.41, 5.74) is 3.08. The molecule has 0 bridgehead atoms. The Morgan fingerprint density at radius 3 is 2.80 bits per heavy atom. The number of benzene rings is 1. The Hall–Kier alpha value is -1.79. The van der Waals surface area contributed by atoms with E-state index in [2.05, 4.69) is 4.98 Å². The highest BCUT2D eigenvalue weighted by atomic mass is 32.1. The van der Waals surface area contributed by atoms with Gasteiger partial charge in [0.2, 0.25) is 0 Å². The van der Waals surface area contributed by atoms with Crippen molar-refractivity contribution >= 4 is 17.1 Å². The smallest absolute Gasteiger partial charge is 0.163 e. The number of carbonyl (C=O) groups excluding carboxylic acids is 1. The summed E-state index contributed by atoms with van der Waals surface area (Å²) in [6.45, 7) is 2.23. The number of hydrogen-bond donors (Lipinski definition) is 1. The van der Waals surface area contributed by atoms with Gasteiger partial charge in [0.05, 0.1) is 16.8 Å². The van der Waals surface area contributed by atoms with Gasteiger partial charge in [0.15, 0.2) is 5.78 Å². The second-order valence-electron chi connectivity index (χ2n) is 4.67. The van der Waals surface area contributed by atoms with Crippen LogP contribution in [0.4, 0.5) is 4.39 Å². The summed E-state index contributed by atoms with van der Waals surface area (Å²) in [6.07, 6.45) is 0. The average Bonchev–Trinajstić information content (AvgIpc) is 2.85.